The second-order valence-corrected chi connectivity index (χ2v) is 5.03. The molecule has 0 fully saturated rings. The van der Waals surface area contributed by atoms with Crippen molar-refractivity contribution in [3.05, 3.63) is 63.5 Å². The van der Waals surface area contributed by atoms with Gasteiger partial charge in [0.15, 0.2) is 0 Å². The molecule has 2 aromatic rings. The van der Waals surface area contributed by atoms with Gasteiger partial charge < -0.3 is 9.67 Å². The van der Waals surface area contributed by atoms with Crippen molar-refractivity contribution in [2.75, 3.05) is 0 Å². The molecule has 1 heterocycles. The molecule has 2 rings (SSSR count). The van der Waals surface area contributed by atoms with Crippen LogP contribution in [0.1, 0.15) is 16.7 Å². The van der Waals surface area contributed by atoms with Crippen molar-refractivity contribution in [2.45, 2.75) is 13.8 Å². The highest BCUT2D eigenvalue weighted by molar-refractivity contribution is 5.85. The SMILES string of the molecule is Cc1ccc(-c2ccc(/C=C/C(=O)O)c(=O)n2C)c(C)c1. The van der Waals surface area contributed by atoms with Gasteiger partial charge in [-0.15, -0.1) is 0 Å². The summed E-state index contributed by atoms with van der Waals surface area (Å²) in [7, 11) is 1.69. The Kier molecular flexibility index (Phi) is 4.08. The fourth-order valence-electron chi connectivity index (χ4n) is 2.31. The Balaban J connectivity index is 2.55. The number of carbonyl (C=O) groups is 1. The minimum absolute atomic E-state index is 0.218. The van der Waals surface area contributed by atoms with Gasteiger partial charge in [0.2, 0.25) is 0 Å². The lowest BCUT2D eigenvalue weighted by molar-refractivity contribution is -0.131. The van der Waals surface area contributed by atoms with E-state index in [9.17, 15) is 9.59 Å². The maximum Gasteiger partial charge on any atom is 0.328 e. The van der Waals surface area contributed by atoms with Crippen LogP contribution in [0, 0.1) is 13.8 Å². The average molecular weight is 283 g/mol. The first-order valence-corrected chi connectivity index (χ1v) is 6.59. The molecule has 0 amide bonds. The monoisotopic (exact) mass is 283 g/mol. The van der Waals surface area contributed by atoms with Crippen LogP contribution in [-0.4, -0.2) is 15.6 Å². The van der Waals surface area contributed by atoms with Gasteiger partial charge in [0.25, 0.3) is 5.56 Å². The normalized spacial score (nSPS) is 11.0. The highest BCUT2D eigenvalue weighted by Crippen LogP contribution is 2.23. The quantitative estimate of drug-likeness (QED) is 0.881. The molecule has 0 unspecified atom stereocenters. The summed E-state index contributed by atoms with van der Waals surface area (Å²) in [5.74, 6) is -1.07. The molecule has 108 valence electrons. The van der Waals surface area contributed by atoms with Crippen molar-refractivity contribution in [2.24, 2.45) is 7.05 Å². The fourth-order valence-corrected chi connectivity index (χ4v) is 2.31. The standard InChI is InChI=1S/C17H17NO3/c1-11-4-7-14(12(2)10-11)15-8-5-13(6-9-16(19)20)17(21)18(15)3/h4-10H,1-3H3,(H,19,20)/b9-6+. The van der Waals surface area contributed by atoms with Gasteiger partial charge in [-0.05, 0) is 37.6 Å². The maximum atomic E-state index is 12.3. The van der Waals surface area contributed by atoms with Gasteiger partial charge in [0, 0.05) is 24.3 Å². The Morgan fingerprint density at radius 1 is 1.19 bits per heavy atom. The van der Waals surface area contributed by atoms with E-state index >= 15 is 0 Å². The molecule has 0 bridgehead atoms. The van der Waals surface area contributed by atoms with Gasteiger partial charge >= 0.3 is 5.97 Å². The number of hydrogen-bond donors (Lipinski definition) is 1. The van der Waals surface area contributed by atoms with Crippen LogP contribution in [0.2, 0.25) is 0 Å². The lowest BCUT2D eigenvalue weighted by atomic mass is 10.0. The predicted octanol–water partition coefficient (Wildman–Crippen LogP) is 2.77. The predicted molar refractivity (Wildman–Crippen MR) is 83.3 cm³/mol. The zero-order valence-electron chi connectivity index (χ0n) is 12.3. The topological polar surface area (TPSA) is 59.3 Å². The molecule has 0 aliphatic heterocycles. The fraction of sp³-hybridized carbons (Fsp3) is 0.176. The maximum absolute atomic E-state index is 12.3. The first kappa shape index (κ1) is 14.8. The van der Waals surface area contributed by atoms with Crippen LogP contribution in [0.4, 0.5) is 0 Å². The highest BCUT2D eigenvalue weighted by Gasteiger charge is 2.08. The second-order valence-electron chi connectivity index (χ2n) is 5.03. The Hall–Kier alpha value is -2.62. The average Bonchev–Trinajstić information content (AvgIpc) is 2.41. The van der Waals surface area contributed by atoms with Crippen LogP contribution >= 0.6 is 0 Å². The molecule has 0 saturated heterocycles. The lowest BCUT2D eigenvalue weighted by Crippen LogP contribution is -2.20. The van der Waals surface area contributed by atoms with Gasteiger partial charge in [-0.1, -0.05) is 23.8 Å². The van der Waals surface area contributed by atoms with Crippen LogP contribution in [0.3, 0.4) is 0 Å². The smallest absolute Gasteiger partial charge is 0.328 e. The van der Waals surface area contributed by atoms with E-state index < -0.39 is 5.97 Å². The number of benzene rings is 1. The van der Waals surface area contributed by atoms with Gasteiger partial charge in [0.05, 0.1) is 5.69 Å². The van der Waals surface area contributed by atoms with E-state index in [1.54, 1.807) is 17.7 Å². The third-order valence-electron chi connectivity index (χ3n) is 3.40. The number of hydrogen-bond acceptors (Lipinski definition) is 2. The summed E-state index contributed by atoms with van der Waals surface area (Å²) in [4.78, 5) is 22.8. The van der Waals surface area contributed by atoms with E-state index in [-0.39, 0.29) is 5.56 Å². The van der Waals surface area contributed by atoms with Crippen LogP contribution < -0.4 is 5.56 Å². The largest absolute Gasteiger partial charge is 0.478 e. The van der Waals surface area contributed by atoms with Crippen LogP contribution in [0.15, 0.2) is 41.2 Å². The number of carboxylic acids is 1. The first-order valence-electron chi connectivity index (χ1n) is 6.59. The first-order chi connectivity index (χ1) is 9.90. The summed E-state index contributed by atoms with van der Waals surface area (Å²) in [6, 6.07) is 9.55. The molecule has 1 aromatic heterocycles. The van der Waals surface area contributed by atoms with Crippen LogP contribution in [0.25, 0.3) is 17.3 Å². The molecule has 21 heavy (non-hydrogen) atoms. The molecule has 4 nitrogen and oxygen atoms in total. The molecule has 0 spiro atoms. The summed E-state index contributed by atoms with van der Waals surface area (Å²) in [6.45, 7) is 4.03. The second kappa shape index (κ2) is 5.79. The van der Waals surface area contributed by atoms with Gasteiger partial charge in [-0.2, -0.15) is 0 Å². The van der Waals surface area contributed by atoms with E-state index in [0.29, 0.717) is 5.56 Å². The zero-order valence-corrected chi connectivity index (χ0v) is 12.3. The minimum Gasteiger partial charge on any atom is -0.478 e. The summed E-state index contributed by atoms with van der Waals surface area (Å²) in [5.41, 5.74) is 4.21. The molecule has 0 saturated carbocycles. The van der Waals surface area contributed by atoms with Crippen molar-refractivity contribution < 1.29 is 9.90 Å². The number of aryl methyl sites for hydroxylation is 2. The Labute approximate surface area is 123 Å². The van der Waals surface area contributed by atoms with E-state index in [4.69, 9.17) is 5.11 Å². The number of pyridine rings is 1. The third-order valence-corrected chi connectivity index (χ3v) is 3.40. The summed E-state index contributed by atoms with van der Waals surface area (Å²) >= 11 is 0. The van der Waals surface area contributed by atoms with Crippen molar-refractivity contribution in [3.63, 3.8) is 0 Å². The summed E-state index contributed by atoms with van der Waals surface area (Å²) < 4.78 is 1.54. The van der Waals surface area contributed by atoms with E-state index in [0.717, 1.165) is 22.9 Å². The summed E-state index contributed by atoms with van der Waals surface area (Å²) in [6.07, 6.45) is 2.28. The summed E-state index contributed by atoms with van der Waals surface area (Å²) in [5, 5.41) is 8.63. The molecule has 4 heteroatoms. The molecule has 1 aromatic carbocycles. The Bertz CT molecular complexity index is 785. The van der Waals surface area contributed by atoms with Crippen LogP contribution in [-0.2, 0) is 11.8 Å². The molecular weight excluding hydrogens is 266 g/mol. The Morgan fingerprint density at radius 3 is 2.52 bits per heavy atom. The van der Waals surface area contributed by atoms with Gasteiger partial charge in [-0.25, -0.2) is 4.79 Å². The molecule has 0 radical (unpaired) electrons. The minimum atomic E-state index is -1.07. The van der Waals surface area contributed by atoms with E-state index in [1.807, 2.05) is 32.0 Å². The number of nitrogens with zero attached hydrogens (tertiary/aromatic N) is 1. The molecule has 0 aliphatic carbocycles. The number of aromatic nitrogens is 1. The van der Waals surface area contributed by atoms with Gasteiger partial charge in [0.1, 0.15) is 0 Å². The van der Waals surface area contributed by atoms with Crippen molar-refractivity contribution in [1.29, 1.82) is 0 Å². The van der Waals surface area contributed by atoms with E-state index in [2.05, 4.69) is 6.07 Å². The molecular formula is C17H17NO3. The number of carboxylic acid groups (broad SMARTS) is 1. The zero-order chi connectivity index (χ0) is 15.6. The lowest BCUT2D eigenvalue weighted by Gasteiger charge is -2.12. The van der Waals surface area contributed by atoms with Gasteiger partial charge in [-0.3, -0.25) is 4.79 Å². The Morgan fingerprint density at radius 2 is 1.90 bits per heavy atom. The van der Waals surface area contributed by atoms with Crippen molar-refractivity contribution >= 4 is 12.0 Å². The highest BCUT2D eigenvalue weighted by atomic mass is 16.4. The van der Waals surface area contributed by atoms with Crippen molar-refractivity contribution in [1.82, 2.24) is 4.57 Å². The molecule has 1 N–H and O–H groups in total. The molecule has 0 atom stereocenters. The molecule has 0 aliphatic rings. The van der Waals surface area contributed by atoms with Crippen molar-refractivity contribution in [3.8, 4) is 11.3 Å². The van der Waals surface area contributed by atoms with Crippen LogP contribution in [0.5, 0.6) is 0 Å². The number of rotatable bonds is 3. The third kappa shape index (κ3) is 3.11. The van der Waals surface area contributed by atoms with E-state index in [1.165, 1.54) is 11.6 Å². The number of aliphatic carboxylic acids is 1.